The van der Waals surface area contributed by atoms with Crippen molar-refractivity contribution in [1.29, 1.82) is 0 Å². The molecule has 0 amide bonds. The highest BCUT2D eigenvalue weighted by Gasteiger charge is 2.33. The van der Waals surface area contributed by atoms with Crippen LogP contribution in [-0.2, 0) is 17.7 Å². The first kappa shape index (κ1) is 16.4. The maximum atomic E-state index is 12.5. The van der Waals surface area contributed by atoms with Gasteiger partial charge in [-0.1, -0.05) is 60.7 Å². The van der Waals surface area contributed by atoms with Crippen LogP contribution < -0.4 is 0 Å². The summed E-state index contributed by atoms with van der Waals surface area (Å²) >= 11 is 0. The van der Waals surface area contributed by atoms with Gasteiger partial charge in [0.25, 0.3) is 17.7 Å². The third-order valence-electron chi connectivity index (χ3n) is 3.57. The third kappa shape index (κ3) is 2.86. The van der Waals surface area contributed by atoms with E-state index >= 15 is 0 Å². The molecule has 0 aliphatic rings. The molecule has 0 unspecified atom stereocenters. The molecule has 4 nitrogen and oxygen atoms in total. The molecule has 0 aromatic heterocycles. The number of rotatable bonds is 4. The van der Waals surface area contributed by atoms with Crippen molar-refractivity contribution >= 4 is 17.7 Å². The van der Waals surface area contributed by atoms with Crippen LogP contribution in [0.25, 0.3) is 11.1 Å². The highest BCUT2D eigenvalue weighted by molar-refractivity contribution is 8.67. The molecule has 0 atom stereocenters. The van der Waals surface area contributed by atoms with Gasteiger partial charge in [0.05, 0.1) is 9.79 Å². The van der Waals surface area contributed by atoms with Crippen molar-refractivity contribution in [3.8, 4) is 11.1 Å². The molecule has 3 aromatic rings. The molecule has 0 heterocycles. The SMILES string of the molecule is O=S(=O)(c1ccccc1)S(=O)(=O)c1ccc(-c2ccccc2)cc1. The zero-order chi connectivity index (χ0) is 17.2. The van der Waals surface area contributed by atoms with Gasteiger partial charge in [0, 0.05) is 0 Å². The summed E-state index contributed by atoms with van der Waals surface area (Å²) in [6.45, 7) is 0. The summed E-state index contributed by atoms with van der Waals surface area (Å²) in [6.07, 6.45) is 0. The number of hydrogen-bond acceptors (Lipinski definition) is 4. The van der Waals surface area contributed by atoms with Gasteiger partial charge < -0.3 is 0 Å². The Bertz CT molecular complexity index is 1040. The van der Waals surface area contributed by atoms with Crippen molar-refractivity contribution in [2.45, 2.75) is 9.79 Å². The van der Waals surface area contributed by atoms with E-state index in [0.717, 1.165) is 11.1 Å². The van der Waals surface area contributed by atoms with Crippen molar-refractivity contribution in [3.05, 3.63) is 84.9 Å². The van der Waals surface area contributed by atoms with Crippen LogP contribution in [0.2, 0.25) is 0 Å². The highest BCUT2D eigenvalue weighted by atomic mass is 33.2. The Morgan fingerprint density at radius 3 is 1.29 bits per heavy atom. The van der Waals surface area contributed by atoms with E-state index in [2.05, 4.69) is 0 Å². The van der Waals surface area contributed by atoms with E-state index in [9.17, 15) is 16.8 Å². The van der Waals surface area contributed by atoms with Gasteiger partial charge in [-0.15, -0.1) is 0 Å². The standard InChI is InChI=1S/C18H14O4S2/c19-23(20,17-9-5-2-6-10-17)24(21,22)18-13-11-16(12-14-18)15-7-3-1-4-8-15/h1-14H. The number of hydrogen-bond donors (Lipinski definition) is 0. The summed E-state index contributed by atoms with van der Waals surface area (Å²) in [7, 11) is -9.02. The predicted molar refractivity (Wildman–Crippen MR) is 92.7 cm³/mol. The summed E-state index contributed by atoms with van der Waals surface area (Å²) < 4.78 is 49.9. The Balaban J connectivity index is 2.02. The first-order valence-corrected chi connectivity index (χ1v) is 10.6. The van der Waals surface area contributed by atoms with E-state index in [1.807, 2.05) is 30.3 Å². The third-order valence-corrected chi connectivity index (χ3v) is 8.74. The van der Waals surface area contributed by atoms with Crippen molar-refractivity contribution in [2.24, 2.45) is 0 Å². The lowest BCUT2D eigenvalue weighted by atomic mass is 10.1. The van der Waals surface area contributed by atoms with Crippen LogP contribution in [-0.4, -0.2) is 16.8 Å². The Kier molecular flexibility index (Phi) is 4.26. The van der Waals surface area contributed by atoms with Gasteiger partial charge >= 0.3 is 0 Å². The largest absolute Gasteiger partial charge is 0.286 e. The second-order valence-electron chi connectivity index (χ2n) is 5.11. The molecular weight excluding hydrogens is 344 g/mol. The van der Waals surface area contributed by atoms with Crippen LogP contribution >= 0.6 is 0 Å². The van der Waals surface area contributed by atoms with Crippen LogP contribution in [0.3, 0.4) is 0 Å². The average Bonchev–Trinajstić information content (AvgIpc) is 2.63. The first-order valence-electron chi connectivity index (χ1n) is 7.13. The maximum Gasteiger partial charge on any atom is 0.286 e. The second kappa shape index (κ2) is 6.22. The minimum Gasteiger partial charge on any atom is -0.207 e. The Hall–Kier alpha value is -2.44. The van der Waals surface area contributed by atoms with E-state index in [1.165, 1.54) is 36.4 Å². The van der Waals surface area contributed by atoms with Gasteiger partial charge in [-0.25, -0.2) is 16.8 Å². The van der Waals surface area contributed by atoms with Crippen LogP contribution in [0.15, 0.2) is 94.7 Å². The Morgan fingerprint density at radius 1 is 0.417 bits per heavy atom. The molecule has 0 spiro atoms. The Morgan fingerprint density at radius 2 is 0.792 bits per heavy atom. The molecule has 0 N–H and O–H groups in total. The second-order valence-corrected chi connectivity index (χ2v) is 10.5. The van der Waals surface area contributed by atoms with E-state index in [-0.39, 0.29) is 9.79 Å². The van der Waals surface area contributed by atoms with Crippen LogP contribution in [0, 0.1) is 0 Å². The fraction of sp³-hybridized carbons (Fsp3) is 0. The summed E-state index contributed by atoms with van der Waals surface area (Å²) in [4.78, 5) is -0.483. The van der Waals surface area contributed by atoms with Gasteiger partial charge in [0.2, 0.25) is 0 Å². The lowest BCUT2D eigenvalue weighted by Gasteiger charge is -2.07. The van der Waals surface area contributed by atoms with Crippen LogP contribution in [0.4, 0.5) is 0 Å². The highest BCUT2D eigenvalue weighted by Crippen LogP contribution is 2.27. The average molecular weight is 358 g/mol. The van der Waals surface area contributed by atoms with E-state index in [4.69, 9.17) is 0 Å². The zero-order valence-electron chi connectivity index (χ0n) is 12.5. The molecular formula is C18H14O4S2. The molecule has 3 aromatic carbocycles. The molecule has 0 radical (unpaired) electrons. The van der Waals surface area contributed by atoms with Crippen molar-refractivity contribution in [3.63, 3.8) is 0 Å². The van der Waals surface area contributed by atoms with E-state index < -0.39 is 17.7 Å². The molecule has 0 saturated carbocycles. The van der Waals surface area contributed by atoms with Crippen LogP contribution in [0.5, 0.6) is 0 Å². The monoisotopic (exact) mass is 358 g/mol. The minimum atomic E-state index is -4.52. The summed E-state index contributed by atoms with van der Waals surface area (Å²) in [6, 6.07) is 22.4. The molecule has 24 heavy (non-hydrogen) atoms. The van der Waals surface area contributed by atoms with Crippen molar-refractivity contribution in [2.75, 3.05) is 0 Å². The van der Waals surface area contributed by atoms with Gasteiger partial charge in [-0.3, -0.25) is 0 Å². The topological polar surface area (TPSA) is 68.3 Å². The quantitative estimate of drug-likeness (QED) is 0.669. The molecule has 6 heteroatoms. The Labute approximate surface area is 140 Å². The van der Waals surface area contributed by atoms with Crippen LogP contribution in [0.1, 0.15) is 0 Å². The summed E-state index contributed by atoms with van der Waals surface area (Å²) in [5.74, 6) is 0. The maximum absolute atomic E-state index is 12.5. The molecule has 0 bridgehead atoms. The van der Waals surface area contributed by atoms with Gasteiger partial charge in [-0.05, 0) is 35.4 Å². The lowest BCUT2D eigenvalue weighted by Crippen LogP contribution is -2.16. The molecule has 122 valence electrons. The molecule has 0 fully saturated rings. The fourth-order valence-electron chi connectivity index (χ4n) is 2.29. The molecule has 0 aliphatic heterocycles. The number of benzene rings is 3. The zero-order valence-corrected chi connectivity index (χ0v) is 14.2. The van der Waals surface area contributed by atoms with Gasteiger partial charge in [0.15, 0.2) is 0 Å². The lowest BCUT2D eigenvalue weighted by molar-refractivity contribution is 0.582. The van der Waals surface area contributed by atoms with E-state index in [0.29, 0.717) is 0 Å². The predicted octanol–water partition coefficient (Wildman–Crippen LogP) is 3.52. The summed E-state index contributed by atoms with van der Waals surface area (Å²) in [5.41, 5.74) is 1.74. The smallest absolute Gasteiger partial charge is 0.207 e. The first-order chi connectivity index (χ1) is 11.4. The minimum absolute atomic E-state index is 0.239. The molecule has 0 aliphatic carbocycles. The van der Waals surface area contributed by atoms with Gasteiger partial charge in [0.1, 0.15) is 0 Å². The molecule has 0 saturated heterocycles. The molecule has 3 rings (SSSR count). The van der Waals surface area contributed by atoms with Crippen molar-refractivity contribution < 1.29 is 16.8 Å². The normalized spacial score (nSPS) is 12.0. The van der Waals surface area contributed by atoms with Gasteiger partial charge in [-0.2, -0.15) is 0 Å². The fourth-order valence-corrected chi connectivity index (χ4v) is 5.94. The van der Waals surface area contributed by atoms with E-state index in [1.54, 1.807) is 18.2 Å². The summed E-state index contributed by atoms with van der Waals surface area (Å²) in [5, 5.41) is 0. The van der Waals surface area contributed by atoms with Crippen molar-refractivity contribution in [1.82, 2.24) is 0 Å².